The fourth-order valence-electron chi connectivity index (χ4n) is 3.33. The minimum Gasteiger partial charge on any atom is -0.300 e. The van der Waals surface area contributed by atoms with E-state index < -0.39 is 0 Å². The molecule has 0 spiro atoms. The lowest BCUT2D eigenvalue weighted by atomic mass is 9.98. The summed E-state index contributed by atoms with van der Waals surface area (Å²) in [4.78, 5) is 24.3. The van der Waals surface area contributed by atoms with E-state index in [0.717, 1.165) is 30.7 Å². The predicted molar refractivity (Wildman–Crippen MR) is 115 cm³/mol. The van der Waals surface area contributed by atoms with Gasteiger partial charge in [-0.05, 0) is 30.7 Å². The molecule has 0 heterocycles. The number of aryl methyl sites for hydroxylation is 1. The molecule has 0 aliphatic carbocycles. The van der Waals surface area contributed by atoms with Crippen molar-refractivity contribution in [3.05, 3.63) is 35.4 Å². The van der Waals surface area contributed by atoms with Crippen molar-refractivity contribution in [2.45, 2.75) is 104 Å². The first-order valence-electron chi connectivity index (χ1n) is 11.2. The van der Waals surface area contributed by atoms with E-state index in [2.05, 4.69) is 32.9 Å². The van der Waals surface area contributed by atoms with Crippen LogP contribution >= 0.6 is 0 Å². The molecule has 1 aromatic carbocycles. The third-order valence-corrected chi connectivity index (χ3v) is 5.58. The zero-order valence-electron chi connectivity index (χ0n) is 17.9. The Bertz CT molecular complexity index is 530. The number of Topliss-reactive ketones (excluding diaryl/α,β-unsaturated/α-hetero) is 2. The zero-order valence-corrected chi connectivity index (χ0v) is 17.9. The first-order valence-corrected chi connectivity index (χ1v) is 11.2. The van der Waals surface area contributed by atoms with E-state index in [1.807, 2.05) is 12.1 Å². The lowest BCUT2D eigenvalue weighted by Gasteiger charge is -2.07. The van der Waals surface area contributed by atoms with Gasteiger partial charge in [0.15, 0.2) is 5.78 Å². The van der Waals surface area contributed by atoms with E-state index in [-0.39, 0.29) is 11.6 Å². The van der Waals surface area contributed by atoms with Crippen LogP contribution in [0.5, 0.6) is 0 Å². The summed E-state index contributed by atoms with van der Waals surface area (Å²) < 4.78 is 0. The van der Waals surface area contributed by atoms with Crippen LogP contribution in [0.3, 0.4) is 0 Å². The third-order valence-electron chi connectivity index (χ3n) is 5.58. The molecular formula is C25H40O2. The van der Waals surface area contributed by atoms with Crippen molar-refractivity contribution >= 4 is 11.6 Å². The summed E-state index contributed by atoms with van der Waals surface area (Å²) in [7, 11) is 0. The lowest BCUT2D eigenvalue weighted by Crippen LogP contribution is -2.05. The fourth-order valence-corrected chi connectivity index (χ4v) is 3.33. The van der Waals surface area contributed by atoms with Crippen LogP contribution < -0.4 is 0 Å². The molecule has 27 heavy (non-hydrogen) atoms. The molecule has 1 rings (SSSR count). The standard InChI is InChI=1S/C25H40O2/c1-4-6-7-8-9-13-22-15-17-23(18-16-22)25(27)20-19-24(26)14-11-10-12-21(3)5-2/h15-18,21H,4-14,19-20H2,1-3H3. The Morgan fingerprint density at radius 3 is 2.19 bits per heavy atom. The Kier molecular flexibility index (Phi) is 12.8. The quantitative estimate of drug-likeness (QED) is 0.225. The average molecular weight is 373 g/mol. The topological polar surface area (TPSA) is 34.1 Å². The highest BCUT2D eigenvalue weighted by atomic mass is 16.1. The highest BCUT2D eigenvalue weighted by Gasteiger charge is 2.10. The molecule has 0 fully saturated rings. The molecule has 1 aromatic rings. The highest BCUT2D eigenvalue weighted by molar-refractivity contribution is 5.98. The summed E-state index contributed by atoms with van der Waals surface area (Å²) in [5.41, 5.74) is 2.05. The third kappa shape index (κ3) is 11.1. The maximum absolute atomic E-state index is 12.3. The van der Waals surface area contributed by atoms with E-state index >= 15 is 0 Å². The van der Waals surface area contributed by atoms with Crippen LogP contribution in [0.1, 0.15) is 114 Å². The fraction of sp³-hybridized carbons (Fsp3) is 0.680. The smallest absolute Gasteiger partial charge is 0.163 e. The first-order chi connectivity index (χ1) is 13.1. The van der Waals surface area contributed by atoms with Gasteiger partial charge in [0.1, 0.15) is 5.78 Å². The number of carbonyl (C=O) groups is 2. The van der Waals surface area contributed by atoms with Gasteiger partial charge in [0, 0.05) is 24.8 Å². The molecule has 0 amide bonds. The molecule has 2 nitrogen and oxygen atoms in total. The molecule has 0 bridgehead atoms. The van der Waals surface area contributed by atoms with Crippen LogP contribution in [-0.2, 0) is 11.2 Å². The second-order valence-electron chi connectivity index (χ2n) is 8.08. The SMILES string of the molecule is CCCCCCCc1ccc(C(=O)CCC(=O)CCCCC(C)CC)cc1. The van der Waals surface area contributed by atoms with Crippen molar-refractivity contribution < 1.29 is 9.59 Å². The largest absolute Gasteiger partial charge is 0.300 e. The van der Waals surface area contributed by atoms with Crippen LogP contribution in [0.15, 0.2) is 24.3 Å². The summed E-state index contributed by atoms with van der Waals surface area (Å²) in [6.07, 6.45) is 13.4. The summed E-state index contributed by atoms with van der Waals surface area (Å²) in [6.45, 7) is 6.71. The molecule has 1 unspecified atom stereocenters. The Hall–Kier alpha value is -1.44. The molecule has 0 saturated heterocycles. The average Bonchev–Trinajstić information content (AvgIpc) is 2.69. The Morgan fingerprint density at radius 1 is 0.815 bits per heavy atom. The molecule has 1 atom stereocenters. The van der Waals surface area contributed by atoms with Crippen molar-refractivity contribution in [2.75, 3.05) is 0 Å². The van der Waals surface area contributed by atoms with Gasteiger partial charge in [0.2, 0.25) is 0 Å². The van der Waals surface area contributed by atoms with Gasteiger partial charge in [-0.2, -0.15) is 0 Å². The van der Waals surface area contributed by atoms with E-state index in [4.69, 9.17) is 0 Å². The number of carbonyl (C=O) groups excluding carboxylic acids is 2. The van der Waals surface area contributed by atoms with Crippen LogP contribution in [0.2, 0.25) is 0 Å². The number of rotatable bonds is 16. The Morgan fingerprint density at radius 2 is 1.52 bits per heavy atom. The second-order valence-corrected chi connectivity index (χ2v) is 8.08. The van der Waals surface area contributed by atoms with Crippen molar-refractivity contribution in [3.63, 3.8) is 0 Å². The van der Waals surface area contributed by atoms with E-state index in [1.165, 1.54) is 50.5 Å². The molecule has 0 radical (unpaired) electrons. The predicted octanol–water partition coefficient (Wildman–Crippen LogP) is 7.34. The van der Waals surface area contributed by atoms with Gasteiger partial charge in [0.25, 0.3) is 0 Å². The molecule has 0 aliphatic heterocycles. The van der Waals surface area contributed by atoms with Crippen LogP contribution in [0.25, 0.3) is 0 Å². The molecule has 0 N–H and O–H groups in total. The number of hydrogen-bond donors (Lipinski definition) is 0. The maximum atomic E-state index is 12.3. The van der Waals surface area contributed by atoms with Crippen molar-refractivity contribution in [3.8, 4) is 0 Å². The maximum Gasteiger partial charge on any atom is 0.163 e. The summed E-state index contributed by atoms with van der Waals surface area (Å²) in [5.74, 6) is 1.08. The van der Waals surface area contributed by atoms with Gasteiger partial charge in [-0.15, -0.1) is 0 Å². The normalized spacial score (nSPS) is 12.1. The van der Waals surface area contributed by atoms with E-state index in [9.17, 15) is 9.59 Å². The second kappa shape index (κ2) is 14.6. The van der Waals surface area contributed by atoms with Gasteiger partial charge < -0.3 is 0 Å². The molecule has 0 aromatic heterocycles. The molecule has 0 saturated carbocycles. The van der Waals surface area contributed by atoms with E-state index in [0.29, 0.717) is 19.3 Å². The van der Waals surface area contributed by atoms with Gasteiger partial charge >= 0.3 is 0 Å². The Balaban J connectivity index is 2.23. The summed E-state index contributed by atoms with van der Waals surface area (Å²) in [5, 5.41) is 0. The summed E-state index contributed by atoms with van der Waals surface area (Å²) >= 11 is 0. The number of unbranched alkanes of at least 4 members (excludes halogenated alkanes) is 5. The van der Waals surface area contributed by atoms with Gasteiger partial charge in [0.05, 0.1) is 0 Å². The summed E-state index contributed by atoms with van der Waals surface area (Å²) in [6, 6.07) is 8.01. The van der Waals surface area contributed by atoms with Gasteiger partial charge in [-0.1, -0.05) is 90.0 Å². The highest BCUT2D eigenvalue weighted by Crippen LogP contribution is 2.15. The minimum absolute atomic E-state index is 0.0949. The molecular weight excluding hydrogens is 332 g/mol. The number of ketones is 2. The van der Waals surface area contributed by atoms with Gasteiger partial charge in [-0.25, -0.2) is 0 Å². The zero-order chi connectivity index (χ0) is 19.9. The van der Waals surface area contributed by atoms with Crippen molar-refractivity contribution in [2.24, 2.45) is 5.92 Å². The number of hydrogen-bond acceptors (Lipinski definition) is 2. The molecule has 152 valence electrons. The molecule has 2 heteroatoms. The monoisotopic (exact) mass is 372 g/mol. The van der Waals surface area contributed by atoms with E-state index in [1.54, 1.807) is 0 Å². The van der Waals surface area contributed by atoms with Crippen molar-refractivity contribution in [1.82, 2.24) is 0 Å². The lowest BCUT2D eigenvalue weighted by molar-refractivity contribution is -0.119. The first kappa shape index (κ1) is 23.6. The molecule has 0 aliphatic rings. The minimum atomic E-state index is 0.0949. The Labute approximate surface area is 167 Å². The van der Waals surface area contributed by atoms with Crippen LogP contribution in [0.4, 0.5) is 0 Å². The van der Waals surface area contributed by atoms with Crippen LogP contribution in [-0.4, -0.2) is 11.6 Å². The van der Waals surface area contributed by atoms with Crippen LogP contribution in [0, 0.1) is 5.92 Å². The van der Waals surface area contributed by atoms with Gasteiger partial charge in [-0.3, -0.25) is 9.59 Å². The number of benzene rings is 1. The van der Waals surface area contributed by atoms with Crippen molar-refractivity contribution in [1.29, 1.82) is 0 Å².